The lowest BCUT2D eigenvalue weighted by atomic mass is 9.93. The molecule has 6 nitrogen and oxygen atoms in total. The highest BCUT2D eigenvalue weighted by Gasteiger charge is 2.26. The highest BCUT2D eigenvalue weighted by Crippen LogP contribution is 2.28. The first-order valence-electron chi connectivity index (χ1n) is 9.88. The third kappa shape index (κ3) is 4.50. The summed E-state index contributed by atoms with van der Waals surface area (Å²) >= 11 is 0. The molecule has 29 heavy (non-hydrogen) atoms. The SMILES string of the molecule is Cc1nc(-c2ncc(C)[nH]2)cc([C@@H]2CCCN(C(=O)Cc3ccc(F)cc3)C2)n1. The predicted molar refractivity (Wildman–Crippen MR) is 108 cm³/mol. The molecule has 0 spiro atoms. The third-order valence-electron chi connectivity index (χ3n) is 5.26. The summed E-state index contributed by atoms with van der Waals surface area (Å²) in [5, 5.41) is 0. The van der Waals surface area contributed by atoms with Gasteiger partial charge in [0.25, 0.3) is 0 Å². The van der Waals surface area contributed by atoms with Gasteiger partial charge in [-0.2, -0.15) is 0 Å². The number of aromatic amines is 1. The molecule has 3 aromatic rings. The predicted octanol–water partition coefficient (Wildman–Crippen LogP) is 3.57. The second kappa shape index (κ2) is 8.11. The Kier molecular flexibility index (Phi) is 5.38. The maximum absolute atomic E-state index is 13.1. The molecule has 0 unspecified atom stereocenters. The minimum absolute atomic E-state index is 0.0639. The van der Waals surface area contributed by atoms with Crippen LogP contribution in [0.4, 0.5) is 4.39 Å². The summed E-state index contributed by atoms with van der Waals surface area (Å²) < 4.78 is 13.1. The van der Waals surface area contributed by atoms with Gasteiger partial charge in [-0.05, 0) is 50.5 Å². The van der Waals surface area contributed by atoms with Crippen LogP contribution in [-0.2, 0) is 11.2 Å². The monoisotopic (exact) mass is 393 g/mol. The number of amides is 1. The number of piperidine rings is 1. The smallest absolute Gasteiger partial charge is 0.227 e. The van der Waals surface area contributed by atoms with Crippen LogP contribution in [-0.4, -0.2) is 43.8 Å². The number of imidazole rings is 1. The van der Waals surface area contributed by atoms with E-state index >= 15 is 0 Å². The number of carbonyl (C=O) groups excluding carboxylic acids is 1. The van der Waals surface area contributed by atoms with Crippen LogP contribution in [0, 0.1) is 19.7 Å². The molecule has 7 heteroatoms. The molecular formula is C22H24FN5O. The molecule has 0 radical (unpaired) electrons. The summed E-state index contributed by atoms with van der Waals surface area (Å²) in [5.74, 6) is 1.36. The molecule has 1 aliphatic rings. The molecule has 0 bridgehead atoms. The Balaban J connectivity index is 1.50. The van der Waals surface area contributed by atoms with Gasteiger partial charge < -0.3 is 9.88 Å². The molecule has 1 N–H and O–H groups in total. The van der Waals surface area contributed by atoms with Gasteiger partial charge in [0.05, 0.1) is 6.42 Å². The van der Waals surface area contributed by atoms with E-state index in [1.54, 1.807) is 18.3 Å². The van der Waals surface area contributed by atoms with Gasteiger partial charge in [0, 0.05) is 36.6 Å². The minimum atomic E-state index is -0.291. The topological polar surface area (TPSA) is 74.8 Å². The Hall–Kier alpha value is -3.09. The molecule has 4 rings (SSSR count). The first-order valence-corrected chi connectivity index (χ1v) is 9.88. The van der Waals surface area contributed by atoms with Crippen molar-refractivity contribution in [3.05, 3.63) is 65.1 Å². The van der Waals surface area contributed by atoms with E-state index in [1.807, 2.05) is 24.8 Å². The van der Waals surface area contributed by atoms with Gasteiger partial charge in [-0.25, -0.2) is 19.3 Å². The fourth-order valence-corrected chi connectivity index (χ4v) is 3.80. The van der Waals surface area contributed by atoms with Crippen molar-refractivity contribution in [3.8, 4) is 11.5 Å². The van der Waals surface area contributed by atoms with E-state index in [2.05, 4.69) is 19.9 Å². The number of benzene rings is 1. The number of halogens is 1. The molecule has 150 valence electrons. The second-order valence-electron chi connectivity index (χ2n) is 7.62. The van der Waals surface area contributed by atoms with Crippen LogP contribution in [0.5, 0.6) is 0 Å². The lowest BCUT2D eigenvalue weighted by molar-refractivity contribution is -0.131. The first kappa shape index (κ1) is 19.2. The van der Waals surface area contributed by atoms with Gasteiger partial charge in [-0.3, -0.25) is 4.79 Å². The van der Waals surface area contributed by atoms with Crippen LogP contribution in [0.1, 0.15) is 41.5 Å². The summed E-state index contributed by atoms with van der Waals surface area (Å²) in [6.45, 7) is 5.21. The third-order valence-corrected chi connectivity index (χ3v) is 5.26. The number of likely N-dealkylation sites (tertiary alicyclic amines) is 1. The fourth-order valence-electron chi connectivity index (χ4n) is 3.80. The van der Waals surface area contributed by atoms with Crippen molar-refractivity contribution < 1.29 is 9.18 Å². The molecule has 1 atom stereocenters. The normalized spacial score (nSPS) is 16.8. The van der Waals surface area contributed by atoms with Gasteiger partial charge in [0.15, 0.2) is 5.82 Å². The van der Waals surface area contributed by atoms with E-state index in [-0.39, 0.29) is 24.1 Å². The Morgan fingerprint density at radius 1 is 1.24 bits per heavy atom. The van der Waals surface area contributed by atoms with E-state index < -0.39 is 0 Å². The van der Waals surface area contributed by atoms with E-state index in [1.165, 1.54) is 12.1 Å². The summed E-state index contributed by atoms with van der Waals surface area (Å²) in [4.78, 5) is 31.4. The molecule has 1 aliphatic heterocycles. The number of nitrogens with one attached hydrogen (secondary N) is 1. The minimum Gasteiger partial charge on any atom is -0.342 e. The van der Waals surface area contributed by atoms with Crippen molar-refractivity contribution in [2.45, 2.75) is 39.0 Å². The zero-order valence-corrected chi connectivity index (χ0v) is 16.7. The molecule has 1 amide bonds. The van der Waals surface area contributed by atoms with Gasteiger partial charge in [0.1, 0.15) is 17.3 Å². The molecule has 1 fully saturated rings. The molecule has 0 aliphatic carbocycles. The Morgan fingerprint density at radius 2 is 2.03 bits per heavy atom. The molecule has 2 aromatic heterocycles. The van der Waals surface area contributed by atoms with Crippen molar-refractivity contribution in [2.75, 3.05) is 13.1 Å². The van der Waals surface area contributed by atoms with Crippen molar-refractivity contribution in [1.29, 1.82) is 0 Å². The zero-order valence-electron chi connectivity index (χ0n) is 16.7. The van der Waals surface area contributed by atoms with Crippen LogP contribution in [0.3, 0.4) is 0 Å². The average molecular weight is 393 g/mol. The summed E-state index contributed by atoms with van der Waals surface area (Å²) in [5.41, 5.74) is 3.52. The van der Waals surface area contributed by atoms with Crippen molar-refractivity contribution >= 4 is 5.91 Å². The van der Waals surface area contributed by atoms with Crippen molar-refractivity contribution in [2.24, 2.45) is 0 Å². The average Bonchev–Trinajstić information content (AvgIpc) is 3.16. The standard InChI is InChI=1S/C22H24FN5O/c1-14-12-24-22(25-14)20-11-19(26-15(2)27-20)17-4-3-9-28(13-17)21(29)10-16-5-7-18(23)8-6-16/h5-8,11-12,17H,3-4,9-10,13H2,1-2H3,(H,24,25)/t17-/m1/s1. The number of rotatable bonds is 4. The molecule has 1 saturated heterocycles. The number of nitrogens with zero attached hydrogens (tertiary/aromatic N) is 4. The lowest BCUT2D eigenvalue weighted by Gasteiger charge is -2.32. The van der Waals surface area contributed by atoms with Crippen molar-refractivity contribution in [1.82, 2.24) is 24.8 Å². The number of hydrogen-bond donors (Lipinski definition) is 1. The van der Waals surface area contributed by atoms with E-state index in [0.717, 1.165) is 47.9 Å². The molecule has 3 heterocycles. The lowest BCUT2D eigenvalue weighted by Crippen LogP contribution is -2.40. The highest BCUT2D eigenvalue weighted by atomic mass is 19.1. The summed E-state index contributed by atoms with van der Waals surface area (Å²) in [7, 11) is 0. The van der Waals surface area contributed by atoms with Gasteiger partial charge >= 0.3 is 0 Å². The molecule has 0 saturated carbocycles. The van der Waals surface area contributed by atoms with Crippen LogP contribution >= 0.6 is 0 Å². The number of carbonyl (C=O) groups is 1. The van der Waals surface area contributed by atoms with E-state index in [9.17, 15) is 9.18 Å². The number of hydrogen-bond acceptors (Lipinski definition) is 4. The summed E-state index contributed by atoms with van der Waals surface area (Å²) in [6.07, 6.45) is 3.97. The fraction of sp³-hybridized carbons (Fsp3) is 0.364. The number of aryl methyl sites for hydroxylation is 2. The van der Waals surface area contributed by atoms with Crippen LogP contribution < -0.4 is 0 Å². The summed E-state index contributed by atoms with van der Waals surface area (Å²) in [6, 6.07) is 8.09. The largest absolute Gasteiger partial charge is 0.342 e. The Labute approximate surface area is 169 Å². The van der Waals surface area contributed by atoms with E-state index in [0.29, 0.717) is 12.4 Å². The maximum Gasteiger partial charge on any atom is 0.227 e. The maximum atomic E-state index is 13.1. The van der Waals surface area contributed by atoms with Crippen LogP contribution in [0.2, 0.25) is 0 Å². The van der Waals surface area contributed by atoms with Gasteiger partial charge in [-0.15, -0.1) is 0 Å². The first-order chi connectivity index (χ1) is 14.0. The van der Waals surface area contributed by atoms with Crippen molar-refractivity contribution in [3.63, 3.8) is 0 Å². The van der Waals surface area contributed by atoms with Gasteiger partial charge in [-0.1, -0.05) is 12.1 Å². The molecular weight excluding hydrogens is 369 g/mol. The van der Waals surface area contributed by atoms with Crippen LogP contribution in [0.25, 0.3) is 11.5 Å². The van der Waals surface area contributed by atoms with Gasteiger partial charge in [0.2, 0.25) is 5.91 Å². The second-order valence-corrected chi connectivity index (χ2v) is 7.62. The molecule has 1 aromatic carbocycles. The van der Waals surface area contributed by atoms with Crippen LogP contribution in [0.15, 0.2) is 36.5 Å². The van der Waals surface area contributed by atoms with E-state index in [4.69, 9.17) is 0 Å². The highest BCUT2D eigenvalue weighted by molar-refractivity contribution is 5.79. The number of H-pyrrole nitrogens is 1. The quantitative estimate of drug-likeness (QED) is 0.735. The Bertz CT molecular complexity index is 1010. The zero-order chi connectivity index (χ0) is 20.4. The Morgan fingerprint density at radius 3 is 2.76 bits per heavy atom. The number of aromatic nitrogens is 4.